The van der Waals surface area contributed by atoms with Crippen LogP contribution in [-0.2, 0) is 35.1 Å². The predicted octanol–water partition coefficient (Wildman–Crippen LogP) is 2.15. The van der Waals surface area contributed by atoms with Crippen molar-refractivity contribution >= 4 is 35.9 Å². The lowest BCUT2D eigenvalue weighted by molar-refractivity contribution is -0.156. The Bertz CT molecular complexity index is 1100. The predicted molar refractivity (Wildman–Crippen MR) is 136 cm³/mol. The maximum Gasteiger partial charge on any atom is 0.514 e. The third kappa shape index (κ3) is 10.6. The number of carboxylic acids is 1. The van der Waals surface area contributed by atoms with Crippen molar-refractivity contribution in [1.29, 1.82) is 0 Å². The second-order valence-electron chi connectivity index (χ2n) is 10.9. The fourth-order valence-corrected chi connectivity index (χ4v) is 3.50. The zero-order chi connectivity index (χ0) is 29.5. The van der Waals surface area contributed by atoms with E-state index in [1.807, 2.05) is 0 Å². The molecule has 1 aromatic rings. The fraction of sp³-hybridized carbons (Fsp3) is 0.538. The van der Waals surface area contributed by atoms with Gasteiger partial charge in [-0.1, -0.05) is 12.1 Å². The Morgan fingerprint density at radius 1 is 1.00 bits per heavy atom. The summed E-state index contributed by atoms with van der Waals surface area (Å²) in [6.45, 7) is 9.23. The number of nitrogens with zero attached hydrogens (tertiary/aromatic N) is 1. The summed E-state index contributed by atoms with van der Waals surface area (Å²) in [4.78, 5) is 73.8. The molecule has 4 amide bonds. The van der Waals surface area contributed by atoms with Crippen molar-refractivity contribution < 1.29 is 48.1 Å². The molecule has 39 heavy (non-hydrogen) atoms. The number of likely N-dealkylation sites (tertiary alicyclic amines) is 1. The lowest BCUT2D eigenvalue weighted by Crippen LogP contribution is -2.59. The van der Waals surface area contributed by atoms with Gasteiger partial charge in [-0.25, -0.2) is 9.59 Å². The normalized spacial score (nSPS) is 16.7. The number of piperidine rings is 1. The van der Waals surface area contributed by atoms with E-state index in [4.69, 9.17) is 19.3 Å². The molecule has 0 spiro atoms. The molecule has 1 aliphatic rings. The van der Waals surface area contributed by atoms with Crippen molar-refractivity contribution in [3.8, 4) is 5.75 Å². The van der Waals surface area contributed by atoms with Gasteiger partial charge in [0.25, 0.3) is 5.91 Å². The highest BCUT2D eigenvalue weighted by molar-refractivity contribution is 6.04. The summed E-state index contributed by atoms with van der Waals surface area (Å²) in [6.07, 6.45) is -1.93. The van der Waals surface area contributed by atoms with Gasteiger partial charge in [0.2, 0.25) is 11.8 Å². The molecule has 1 heterocycles. The second kappa shape index (κ2) is 12.6. The molecule has 0 aromatic heterocycles. The number of aliphatic carboxylic acids is 1. The number of rotatable bonds is 8. The van der Waals surface area contributed by atoms with Crippen molar-refractivity contribution in [2.24, 2.45) is 0 Å². The molecule has 1 fully saturated rings. The zero-order valence-electron chi connectivity index (χ0n) is 22.9. The Kier molecular flexibility index (Phi) is 10.0. The number of imide groups is 1. The summed E-state index contributed by atoms with van der Waals surface area (Å²) in [6, 6.07) is 3.78. The van der Waals surface area contributed by atoms with E-state index in [0.717, 1.165) is 0 Å². The molecule has 1 saturated heterocycles. The summed E-state index contributed by atoms with van der Waals surface area (Å²) < 4.78 is 15.5. The van der Waals surface area contributed by atoms with Crippen LogP contribution in [0.15, 0.2) is 24.3 Å². The first-order valence-corrected chi connectivity index (χ1v) is 12.3. The van der Waals surface area contributed by atoms with E-state index in [0.29, 0.717) is 10.5 Å². The highest BCUT2D eigenvalue weighted by atomic mass is 16.7. The molecule has 214 valence electrons. The van der Waals surface area contributed by atoms with E-state index in [9.17, 15) is 28.8 Å². The third-order valence-electron chi connectivity index (χ3n) is 5.08. The molecule has 13 heteroatoms. The topological polar surface area (TPSA) is 178 Å². The molecule has 0 radical (unpaired) electrons. The van der Waals surface area contributed by atoms with Crippen LogP contribution in [0.4, 0.5) is 9.59 Å². The molecular weight excluding hydrogens is 514 g/mol. The van der Waals surface area contributed by atoms with Crippen molar-refractivity contribution in [3.63, 3.8) is 0 Å². The van der Waals surface area contributed by atoms with Gasteiger partial charge in [-0.2, -0.15) is 0 Å². The average molecular weight is 550 g/mol. The van der Waals surface area contributed by atoms with E-state index in [2.05, 4.69) is 10.6 Å². The maximum absolute atomic E-state index is 13.2. The molecule has 13 nitrogen and oxygen atoms in total. The highest BCUT2D eigenvalue weighted by Gasteiger charge is 2.37. The number of ether oxygens (including phenoxy) is 3. The first kappa shape index (κ1) is 31.1. The minimum Gasteiger partial charge on any atom is -0.480 e. The summed E-state index contributed by atoms with van der Waals surface area (Å²) >= 11 is 0. The van der Waals surface area contributed by atoms with Crippen molar-refractivity contribution in [2.45, 2.75) is 84.1 Å². The largest absolute Gasteiger partial charge is 0.514 e. The molecule has 0 unspecified atom stereocenters. The average Bonchev–Trinajstić information content (AvgIpc) is 2.76. The molecular formula is C26H35N3O10. The lowest BCUT2D eigenvalue weighted by Gasteiger charge is -2.31. The van der Waals surface area contributed by atoms with Crippen LogP contribution >= 0.6 is 0 Å². The highest BCUT2D eigenvalue weighted by Crippen LogP contribution is 2.18. The zero-order valence-corrected chi connectivity index (χ0v) is 22.9. The number of nitrogens with one attached hydrogen (secondary N) is 2. The SMILES string of the molecule is CC(C)(C)OC(=O)N[C@@H](Cc1ccc(OC(=O)OC(C)(C)C)cc1)C(=O)N[C@H]1CCC(=O)N(CC(=O)O)C1=O. The number of benzene rings is 1. The first-order chi connectivity index (χ1) is 17.9. The van der Waals surface area contributed by atoms with Gasteiger partial charge in [0, 0.05) is 12.8 Å². The van der Waals surface area contributed by atoms with Gasteiger partial charge < -0.3 is 30.0 Å². The molecule has 1 aliphatic heterocycles. The Labute approximate surface area is 226 Å². The Balaban J connectivity index is 2.16. The van der Waals surface area contributed by atoms with Gasteiger partial charge in [-0.05, 0) is 65.7 Å². The molecule has 0 aliphatic carbocycles. The summed E-state index contributed by atoms with van der Waals surface area (Å²) in [7, 11) is 0. The van der Waals surface area contributed by atoms with Crippen LogP contribution in [-0.4, -0.2) is 75.8 Å². The quantitative estimate of drug-likeness (QED) is 0.247. The number of carboxylic acid groups (broad SMARTS) is 1. The number of carbonyl (C=O) groups is 6. The lowest BCUT2D eigenvalue weighted by atomic mass is 10.0. The number of amides is 4. The molecule has 2 atom stereocenters. The second-order valence-corrected chi connectivity index (χ2v) is 10.9. The smallest absolute Gasteiger partial charge is 0.480 e. The minimum atomic E-state index is -1.37. The van der Waals surface area contributed by atoms with E-state index >= 15 is 0 Å². The summed E-state index contributed by atoms with van der Waals surface area (Å²) in [5.74, 6) is -3.40. The molecule has 1 aromatic carbocycles. The van der Waals surface area contributed by atoms with Gasteiger partial charge in [-0.3, -0.25) is 24.1 Å². The minimum absolute atomic E-state index is 0.0185. The van der Waals surface area contributed by atoms with Crippen molar-refractivity contribution in [3.05, 3.63) is 29.8 Å². The maximum atomic E-state index is 13.2. The van der Waals surface area contributed by atoms with Crippen molar-refractivity contribution in [1.82, 2.24) is 15.5 Å². The number of alkyl carbamates (subject to hydrolysis) is 1. The summed E-state index contributed by atoms with van der Waals surface area (Å²) in [5.41, 5.74) is -1.01. The van der Waals surface area contributed by atoms with Gasteiger partial charge >= 0.3 is 18.2 Å². The Morgan fingerprint density at radius 2 is 1.59 bits per heavy atom. The van der Waals surface area contributed by atoms with Gasteiger partial charge in [0.1, 0.15) is 35.6 Å². The molecule has 0 bridgehead atoms. The van der Waals surface area contributed by atoms with Crippen LogP contribution in [0.2, 0.25) is 0 Å². The molecule has 0 saturated carbocycles. The van der Waals surface area contributed by atoms with Crippen molar-refractivity contribution in [2.75, 3.05) is 6.54 Å². The number of carbonyl (C=O) groups excluding carboxylic acids is 5. The van der Waals surface area contributed by atoms with Crippen LogP contribution in [0, 0.1) is 0 Å². The van der Waals surface area contributed by atoms with Crippen LogP contribution in [0.3, 0.4) is 0 Å². The van der Waals surface area contributed by atoms with E-state index in [1.54, 1.807) is 53.7 Å². The van der Waals surface area contributed by atoms with E-state index in [-0.39, 0.29) is 25.0 Å². The van der Waals surface area contributed by atoms with E-state index in [1.165, 1.54) is 12.1 Å². The van der Waals surface area contributed by atoms with Crippen LogP contribution in [0.1, 0.15) is 59.9 Å². The number of hydrogen-bond acceptors (Lipinski definition) is 9. The van der Waals surface area contributed by atoms with Crippen LogP contribution in [0.25, 0.3) is 0 Å². The standard InChI is InChI=1S/C26H35N3O10/c1-25(2,3)38-23(35)28-18(13-15-7-9-16(10-8-15)37-24(36)39-26(4,5)6)21(33)27-17-11-12-19(30)29(22(17)34)14-20(31)32/h7-10,17-18H,11-14H2,1-6H3,(H,27,33)(H,28,35)(H,31,32)/t17-,18-/m0/s1. The van der Waals surface area contributed by atoms with Crippen LogP contribution < -0.4 is 15.4 Å². The Morgan fingerprint density at radius 3 is 2.13 bits per heavy atom. The van der Waals surface area contributed by atoms with Gasteiger partial charge in [-0.15, -0.1) is 0 Å². The number of hydrogen-bond donors (Lipinski definition) is 3. The first-order valence-electron chi connectivity index (χ1n) is 12.3. The third-order valence-corrected chi connectivity index (χ3v) is 5.08. The van der Waals surface area contributed by atoms with E-state index < -0.39 is 65.8 Å². The Hall–Kier alpha value is -4.16. The van der Waals surface area contributed by atoms with Gasteiger partial charge in [0.05, 0.1) is 0 Å². The molecule has 2 rings (SSSR count). The summed E-state index contributed by atoms with van der Waals surface area (Å²) in [5, 5.41) is 14.0. The molecule has 3 N–H and O–H groups in total. The monoisotopic (exact) mass is 549 g/mol. The van der Waals surface area contributed by atoms with Crippen LogP contribution in [0.5, 0.6) is 5.75 Å². The fourth-order valence-electron chi connectivity index (χ4n) is 3.50. The van der Waals surface area contributed by atoms with Gasteiger partial charge in [0.15, 0.2) is 0 Å².